The van der Waals surface area contributed by atoms with Crippen LogP contribution in [0.5, 0.6) is 0 Å². The van der Waals surface area contributed by atoms with E-state index in [0.717, 1.165) is 5.69 Å². The second kappa shape index (κ2) is 8.52. The zero-order chi connectivity index (χ0) is 21.1. The zero-order valence-corrected chi connectivity index (χ0v) is 17.0. The largest absolute Gasteiger partial charge is 0.288 e. The molecule has 0 N–H and O–H groups in total. The number of amides is 1. The summed E-state index contributed by atoms with van der Waals surface area (Å²) >= 11 is 7.11. The van der Waals surface area contributed by atoms with Crippen molar-refractivity contribution < 1.29 is 9.72 Å². The van der Waals surface area contributed by atoms with Crippen molar-refractivity contribution in [2.24, 2.45) is 4.99 Å². The third-order valence-corrected chi connectivity index (χ3v) is 5.55. The number of benzene rings is 3. The summed E-state index contributed by atoms with van der Waals surface area (Å²) in [5.41, 5.74) is 1.71. The van der Waals surface area contributed by atoms with Crippen molar-refractivity contribution >= 4 is 57.6 Å². The second-order valence-corrected chi connectivity index (χ2v) is 7.70. The van der Waals surface area contributed by atoms with E-state index in [1.807, 2.05) is 60.7 Å². The molecule has 0 spiro atoms. The van der Waals surface area contributed by atoms with Crippen molar-refractivity contribution in [1.29, 1.82) is 0 Å². The van der Waals surface area contributed by atoms with Crippen molar-refractivity contribution in [2.45, 2.75) is 0 Å². The summed E-state index contributed by atoms with van der Waals surface area (Å²) in [5, 5.41) is 11.7. The van der Waals surface area contributed by atoms with Crippen LogP contribution in [0.2, 0.25) is 5.02 Å². The maximum absolute atomic E-state index is 13.2. The van der Waals surface area contributed by atoms with Crippen LogP contribution in [0, 0.1) is 10.1 Å². The first-order chi connectivity index (χ1) is 14.5. The highest BCUT2D eigenvalue weighted by Gasteiger charge is 2.34. The Morgan fingerprint density at radius 1 is 1.00 bits per heavy atom. The highest BCUT2D eigenvalue weighted by atomic mass is 35.5. The number of hydrogen-bond donors (Lipinski definition) is 0. The van der Waals surface area contributed by atoms with Crippen molar-refractivity contribution in [3.05, 3.63) is 104 Å². The molecule has 30 heavy (non-hydrogen) atoms. The summed E-state index contributed by atoms with van der Waals surface area (Å²) in [6.45, 7) is 0. The first-order valence-electron chi connectivity index (χ1n) is 8.89. The Morgan fingerprint density at radius 2 is 1.67 bits per heavy atom. The molecule has 8 heteroatoms. The Hall–Kier alpha value is -3.42. The number of hydrogen-bond acceptors (Lipinski definition) is 5. The molecule has 1 heterocycles. The number of amidine groups is 1. The van der Waals surface area contributed by atoms with Gasteiger partial charge in [0.25, 0.3) is 11.6 Å². The standard InChI is InChI=1S/C22H14ClN3O3S/c23-18-12-11-15(13-19(18)26(28)29)14-20-21(27)25(17-9-5-2-6-10-17)22(30-20)24-16-7-3-1-4-8-16/h1-14H/b20-14-,24-22?. The Bertz CT molecular complexity index is 1180. The summed E-state index contributed by atoms with van der Waals surface area (Å²) in [5.74, 6) is -0.251. The first kappa shape index (κ1) is 19.9. The van der Waals surface area contributed by atoms with Crippen molar-refractivity contribution in [1.82, 2.24) is 0 Å². The van der Waals surface area contributed by atoms with E-state index >= 15 is 0 Å². The molecular weight excluding hydrogens is 422 g/mol. The molecule has 1 aliphatic rings. The fraction of sp³-hybridized carbons (Fsp3) is 0. The van der Waals surface area contributed by atoms with E-state index in [9.17, 15) is 14.9 Å². The van der Waals surface area contributed by atoms with E-state index < -0.39 is 4.92 Å². The first-order valence-corrected chi connectivity index (χ1v) is 10.1. The molecule has 4 rings (SSSR count). The minimum atomic E-state index is -0.549. The van der Waals surface area contributed by atoms with Crippen LogP contribution < -0.4 is 4.90 Å². The number of nitro benzene ring substituents is 1. The number of nitrogens with zero attached hydrogens (tertiary/aromatic N) is 3. The smallest absolute Gasteiger partial charge is 0.268 e. The van der Waals surface area contributed by atoms with Gasteiger partial charge in [-0.15, -0.1) is 0 Å². The lowest BCUT2D eigenvalue weighted by atomic mass is 10.2. The van der Waals surface area contributed by atoms with E-state index in [1.165, 1.54) is 28.8 Å². The van der Waals surface area contributed by atoms with Crippen LogP contribution in [-0.2, 0) is 4.79 Å². The highest BCUT2D eigenvalue weighted by Crippen LogP contribution is 2.37. The molecule has 1 aliphatic heterocycles. The Kier molecular flexibility index (Phi) is 5.65. The molecule has 6 nitrogen and oxygen atoms in total. The number of aliphatic imine (C=N–C) groups is 1. The molecule has 3 aromatic rings. The van der Waals surface area contributed by atoms with Gasteiger partial charge in [0.2, 0.25) is 0 Å². The third kappa shape index (κ3) is 4.12. The number of anilines is 1. The fourth-order valence-electron chi connectivity index (χ4n) is 2.88. The number of carbonyl (C=O) groups is 1. The summed E-state index contributed by atoms with van der Waals surface area (Å²) < 4.78 is 0. The van der Waals surface area contributed by atoms with Gasteiger partial charge in [-0.25, -0.2) is 4.99 Å². The van der Waals surface area contributed by atoms with Crippen LogP contribution in [0.3, 0.4) is 0 Å². The molecule has 0 saturated carbocycles. The van der Waals surface area contributed by atoms with Crippen molar-refractivity contribution in [3.63, 3.8) is 0 Å². The summed E-state index contributed by atoms with van der Waals surface area (Å²) in [4.78, 5) is 30.4. The number of para-hydroxylation sites is 2. The molecule has 1 fully saturated rings. The van der Waals surface area contributed by atoms with Gasteiger partial charge in [0, 0.05) is 6.07 Å². The number of thioether (sulfide) groups is 1. The van der Waals surface area contributed by atoms with E-state index in [4.69, 9.17) is 11.6 Å². The lowest BCUT2D eigenvalue weighted by Crippen LogP contribution is -2.28. The third-order valence-electron chi connectivity index (χ3n) is 4.27. The topological polar surface area (TPSA) is 75.8 Å². The molecule has 0 bridgehead atoms. The van der Waals surface area contributed by atoms with Crippen LogP contribution >= 0.6 is 23.4 Å². The number of halogens is 1. The maximum Gasteiger partial charge on any atom is 0.288 e. The Balaban J connectivity index is 1.77. The molecule has 0 atom stereocenters. The molecule has 0 aromatic heterocycles. The average molecular weight is 436 g/mol. The van der Waals surface area contributed by atoms with Gasteiger partial charge in [-0.1, -0.05) is 54.1 Å². The highest BCUT2D eigenvalue weighted by molar-refractivity contribution is 8.19. The molecule has 0 unspecified atom stereocenters. The second-order valence-electron chi connectivity index (χ2n) is 6.28. The molecule has 148 valence electrons. The summed E-state index contributed by atoms with van der Waals surface area (Å²) in [6, 6.07) is 23.0. The molecule has 3 aromatic carbocycles. The molecular formula is C22H14ClN3O3S. The summed E-state index contributed by atoms with van der Waals surface area (Å²) in [6.07, 6.45) is 1.61. The molecule has 1 saturated heterocycles. The number of rotatable bonds is 4. The predicted molar refractivity (Wildman–Crippen MR) is 121 cm³/mol. The monoisotopic (exact) mass is 435 g/mol. The fourth-order valence-corrected chi connectivity index (χ4v) is 4.06. The molecule has 1 amide bonds. The van der Waals surface area contributed by atoms with Crippen LogP contribution in [0.1, 0.15) is 5.56 Å². The number of carbonyl (C=O) groups excluding carboxylic acids is 1. The number of nitro groups is 1. The van der Waals surface area contributed by atoms with Gasteiger partial charge in [-0.3, -0.25) is 19.8 Å². The normalized spacial score (nSPS) is 16.4. The van der Waals surface area contributed by atoms with Crippen LogP contribution in [0.4, 0.5) is 17.1 Å². The molecule has 0 aliphatic carbocycles. The predicted octanol–water partition coefficient (Wildman–Crippen LogP) is 6.06. The van der Waals surface area contributed by atoms with Crippen molar-refractivity contribution in [3.8, 4) is 0 Å². The van der Waals surface area contributed by atoms with Gasteiger partial charge in [0.1, 0.15) is 5.02 Å². The van der Waals surface area contributed by atoms with Gasteiger partial charge in [-0.05, 0) is 53.7 Å². The van der Waals surface area contributed by atoms with E-state index in [2.05, 4.69) is 4.99 Å². The van der Waals surface area contributed by atoms with Gasteiger partial charge < -0.3 is 0 Å². The van der Waals surface area contributed by atoms with Gasteiger partial charge in [0.05, 0.1) is 21.2 Å². The lowest BCUT2D eigenvalue weighted by Gasteiger charge is -2.15. The minimum Gasteiger partial charge on any atom is -0.268 e. The van der Waals surface area contributed by atoms with Gasteiger partial charge in [-0.2, -0.15) is 0 Å². The van der Waals surface area contributed by atoms with Crippen LogP contribution in [0.15, 0.2) is 88.8 Å². The van der Waals surface area contributed by atoms with Gasteiger partial charge in [0.15, 0.2) is 5.17 Å². The maximum atomic E-state index is 13.2. The Morgan fingerprint density at radius 3 is 2.33 bits per heavy atom. The summed E-state index contributed by atoms with van der Waals surface area (Å²) in [7, 11) is 0. The molecule has 0 radical (unpaired) electrons. The average Bonchev–Trinajstić information content (AvgIpc) is 3.05. The van der Waals surface area contributed by atoms with E-state index in [0.29, 0.717) is 21.3 Å². The Labute approximate surface area is 181 Å². The van der Waals surface area contributed by atoms with Crippen LogP contribution in [-0.4, -0.2) is 16.0 Å². The van der Waals surface area contributed by atoms with Gasteiger partial charge >= 0.3 is 0 Å². The quantitative estimate of drug-likeness (QED) is 0.283. The lowest BCUT2D eigenvalue weighted by molar-refractivity contribution is -0.384. The van der Waals surface area contributed by atoms with E-state index in [1.54, 1.807) is 12.1 Å². The van der Waals surface area contributed by atoms with E-state index in [-0.39, 0.29) is 16.6 Å². The zero-order valence-electron chi connectivity index (χ0n) is 15.4. The van der Waals surface area contributed by atoms with Crippen LogP contribution in [0.25, 0.3) is 6.08 Å². The minimum absolute atomic E-state index is 0.0461. The van der Waals surface area contributed by atoms with Crippen molar-refractivity contribution in [2.75, 3.05) is 4.90 Å². The SMILES string of the molecule is O=C1/C(=C/c2ccc(Cl)c([N+](=O)[O-])c2)SC(=Nc2ccccc2)N1c1ccccc1.